The Morgan fingerprint density at radius 3 is 2.76 bits per heavy atom. The van der Waals surface area contributed by atoms with Gasteiger partial charge >= 0.3 is 0 Å². The highest BCUT2D eigenvalue weighted by Crippen LogP contribution is 2.34. The summed E-state index contributed by atoms with van der Waals surface area (Å²) in [4.78, 5) is 24.3. The Bertz CT molecular complexity index is 572. The van der Waals surface area contributed by atoms with Crippen molar-refractivity contribution >= 4 is 23.0 Å². The van der Waals surface area contributed by atoms with Crippen molar-refractivity contribution in [1.82, 2.24) is 4.90 Å². The number of nitrogens with zero attached hydrogens (tertiary/aromatic N) is 2. The number of anilines is 2. The molecule has 1 aromatic rings. The lowest BCUT2D eigenvalue weighted by atomic mass is 10.0. The number of carbonyl (C=O) groups excluding carboxylic acids is 1. The van der Waals surface area contributed by atoms with Gasteiger partial charge in [-0.3, -0.25) is 14.9 Å². The Balaban J connectivity index is 2.32. The van der Waals surface area contributed by atoms with E-state index in [1.807, 2.05) is 25.9 Å². The summed E-state index contributed by atoms with van der Waals surface area (Å²) in [6.07, 6.45) is 0.906. The Hall–Kier alpha value is -2.15. The standard InChI is InChI=1S/C14H20N4O3/c1-9(8-17(2)3)15-12-7-11-10(4-5-14(19)16-11)6-13(12)18(20)21/h6-7,9,15H,4-5,8H2,1-3H3,(H,16,19). The topological polar surface area (TPSA) is 87.5 Å². The van der Waals surface area contributed by atoms with Crippen molar-refractivity contribution in [2.45, 2.75) is 25.8 Å². The average Bonchev–Trinajstić information content (AvgIpc) is 2.36. The minimum Gasteiger partial charge on any atom is -0.376 e. The van der Waals surface area contributed by atoms with E-state index in [2.05, 4.69) is 10.6 Å². The molecule has 0 radical (unpaired) electrons. The summed E-state index contributed by atoms with van der Waals surface area (Å²) in [5, 5.41) is 17.2. The van der Waals surface area contributed by atoms with Crippen LogP contribution in [0.15, 0.2) is 12.1 Å². The van der Waals surface area contributed by atoms with E-state index in [1.54, 1.807) is 12.1 Å². The van der Waals surface area contributed by atoms with Crippen LogP contribution in [0.3, 0.4) is 0 Å². The third-order valence-electron chi connectivity index (χ3n) is 3.35. The second kappa shape index (κ2) is 6.09. The number of carbonyl (C=O) groups is 1. The zero-order valence-electron chi connectivity index (χ0n) is 12.5. The van der Waals surface area contributed by atoms with Crippen molar-refractivity contribution < 1.29 is 9.72 Å². The van der Waals surface area contributed by atoms with Crippen LogP contribution in [0.2, 0.25) is 0 Å². The summed E-state index contributed by atoms with van der Waals surface area (Å²) < 4.78 is 0. The van der Waals surface area contributed by atoms with Crippen molar-refractivity contribution in [3.8, 4) is 0 Å². The molecule has 1 heterocycles. The summed E-state index contributed by atoms with van der Waals surface area (Å²) in [7, 11) is 3.89. The van der Waals surface area contributed by atoms with Crippen LogP contribution in [-0.4, -0.2) is 42.4 Å². The summed E-state index contributed by atoms with van der Waals surface area (Å²) in [5.41, 5.74) is 1.97. The van der Waals surface area contributed by atoms with E-state index in [1.165, 1.54) is 0 Å². The predicted molar refractivity (Wildman–Crippen MR) is 81.7 cm³/mol. The van der Waals surface area contributed by atoms with Crippen LogP contribution in [-0.2, 0) is 11.2 Å². The summed E-state index contributed by atoms with van der Waals surface area (Å²) in [6.45, 7) is 2.71. The minimum absolute atomic E-state index is 0.0514. The van der Waals surface area contributed by atoms with Gasteiger partial charge in [-0.25, -0.2) is 0 Å². The molecule has 0 saturated carbocycles. The molecule has 1 aromatic carbocycles. The number of aryl methyl sites for hydroxylation is 1. The first kappa shape index (κ1) is 15.2. The molecule has 0 aliphatic carbocycles. The molecule has 1 atom stereocenters. The van der Waals surface area contributed by atoms with Crippen LogP contribution in [0.5, 0.6) is 0 Å². The zero-order valence-corrected chi connectivity index (χ0v) is 12.5. The number of likely N-dealkylation sites (N-methyl/N-ethyl adjacent to an activating group) is 1. The lowest BCUT2D eigenvalue weighted by Gasteiger charge is -2.22. The zero-order chi connectivity index (χ0) is 15.6. The number of amides is 1. The summed E-state index contributed by atoms with van der Waals surface area (Å²) >= 11 is 0. The Morgan fingerprint density at radius 2 is 2.14 bits per heavy atom. The maximum absolute atomic E-state index is 11.5. The van der Waals surface area contributed by atoms with Crippen LogP contribution in [0.4, 0.5) is 17.1 Å². The largest absolute Gasteiger partial charge is 0.376 e. The van der Waals surface area contributed by atoms with Crippen LogP contribution >= 0.6 is 0 Å². The fraction of sp³-hybridized carbons (Fsp3) is 0.500. The molecule has 7 nitrogen and oxygen atoms in total. The number of benzene rings is 1. The smallest absolute Gasteiger partial charge is 0.292 e. The van der Waals surface area contributed by atoms with Gasteiger partial charge in [0.2, 0.25) is 5.91 Å². The Morgan fingerprint density at radius 1 is 1.43 bits per heavy atom. The SMILES string of the molecule is CC(CN(C)C)Nc1cc2c(cc1[N+](=O)[O-])CCC(=O)N2. The number of nitrogens with one attached hydrogen (secondary N) is 2. The highest BCUT2D eigenvalue weighted by molar-refractivity contribution is 5.95. The maximum Gasteiger partial charge on any atom is 0.292 e. The number of hydrogen-bond acceptors (Lipinski definition) is 5. The van der Waals surface area contributed by atoms with E-state index in [-0.39, 0.29) is 22.6 Å². The van der Waals surface area contributed by atoms with E-state index >= 15 is 0 Å². The molecular formula is C14H20N4O3. The molecule has 2 rings (SSSR count). The van der Waals surface area contributed by atoms with E-state index in [9.17, 15) is 14.9 Å². The predicted octanol–water partition coefficient (Wildman–Crippen LogP) is 1.84. The molecule has 0 fully saturated rings. The van der Waals surface area contributed by atoms with E-state index < -0.39 is 0 Å². The van der Waals surface area contributed by atoms with Gasteiger partial charge in [-0.1, -0.05) is 0 Å². The second-order valence-corrected chi connectivity index (χ2v) is 5.64. The number of hydrogen-bond donors (Lipinski definition) is 2. The lowest BCUT2D eigenvalue weighted by Crippen LogP contribution is -2.30. The maximum atomic E-state index is 11.5. The second-order valence-electron chi connectivity index (χ2n) is 5.64. The third-order valence-corrected chi connectivity index (χ3v) is 3.35. The molecule has 1 aliphatic heterocycles. The van der Waals surface area contributed by atoms with Crippen molar-refractivity contribution in [3.63, 3.8) is 0 Å². The molecule has 0 aromatic heterocycles. The van der Waals surface area contributed by atoms with Gasteiger partial charge in [-0.05, 0) is 39.1 Å². The summed E-state index contributed by atoms with van der Waals surface area (Å²) in [6, 6.07) is 3.27. The van der Waals surface area contributed by atoms with Crippen molar-refractivity contribution in [2.75, 3.05) is 31.3 Å². The molecule has 1 aliphatic rings. The van der Waals surface area contributed by atoms with Gasteiger partial charge in [0.1, 0.15) is 5.69 Å². The fourth-order valence-corrected chi connectivity index (χ4v) is 2.54. The minimum atomic E-state index is -0.387. The number of nitro groups is 1. The highest BCUT2D eigenvalue weighted by atomic mass is 16.6. The fourth-order valence-electron chi connectivity index (χ4n) is 2.54. The molecule has 21 heavy (non-hydrogen) atoms. The van der Waals surface area contributed by atoms with Crippen molar-refractivity contribution in [3.05, 3.63) is 27.8 Å². The van der Waals surface area contributed by atoms with Crippen LogP contribution in [0.25, 0.3) is 0 Å². The normalized spacial score (nSPS) is 15.3. The van der Waals surface area contributed by atoms with Gasteiger partial charge in [0.25, 0.3) is 5.69 Å². The first-order valence-corrected chi connectivity index (χ1v) is 6.89. The van der Waals surface area contributed by atoms with Gasteiger partial charge in [0.05, 0.1) is 4.92 Å². The molecule has 0 bridgehead atoms. The van der Waals surface area contributed by atoms with Gasteiger partial charge in [0.15, 0.2) is 0 Å². The van der Waals surface area contributed by atoms with E-state index in [4.69, 9.17) is 0 Å². The van der Waals surface area contributed by atoms with Gasteiger partial charge < -0.3 is 15.5 Å². The van der Waals surface area contributed by atoms with Crippen molar-refractivity contribution in [2.24, 2.45) is 0 Å². The van der Waals surface area contributed by atoms with Crippen LogP contribution in [0.1, 0.15) is 18.9 Å². The first-order chi connectivity index (χ1) is 9.86. The molecule has 2 N–H and O–H groups in total. The number of nitro benzene ring substituents is 1. The van der Waals surface area contributed by atoms with Gasteiger partial charge in [-0.15, -0.1) is 0 Å². The number of fused-ring (bicyclic) bond motifs is 1. The molecule has 7 heteroatoms. The summed E-state index contributed by atoms with van der Waals surface area (Å²) in [5.74, 6) is -0.0522. The quantitative estimate of drug-likeness (QED) is 0.638. The monoisotopic (exact) mass is 292 g/mol. The van der Waals surface area contributed by atoms with E-state index in [0.717, 1.165) is 12.1 Å². The van der Waals surface area contributed by atoms with Crippen LogP contribution in [0, 0.1) is 10.1 Å². The van der Waals surface area contributed by atoms with Crippen molar-refractivity contribution in [1.29, 1.82) is 0 Å². The Labute approximate surface area is 123 Å². The third kappa shape index (κ3) is 3.69. The number of rotatable bonds is 5. The molecule has 114 valence electrons. The van der Waals surface area contributed by atoms with E-state index in [0.29, 0.717) is 24.2 Å². The average molecular weight is 292 g/mol. The molecule has 1 amide bonds. The first-order valence-electron chi connectivity index (χ1n) is 6.89. The molecular weight excluding hydrogens is 272 g/mol. The molecule has 0 saturated heterocycles. The Kier molecular flexibility index (Phi) is 4.42. The van der Waals surface area contributed by atoms with Gasteiger partial charge in [-0.2, -0.15) is 0 Å². The highest BCUT2D eigenvalue weighted by Gasteiger charge is 2.23. The molecule has 0 spiro atoms. The van der Waals surface area contributed by atoms with Gasteiger partial charge in [0, 0.05) is 30.8 Å². The lowest BCUT2D eigenvalue weighted by molar-refractivity contribution is -0.384. The molecule has 1 unspecified atom stereocenters. The van der Waals surface area contributed by atoms with Crippen LogP contribution < -0.4 is 10.6 Å².